The number of nitro benzene ring substituents is 1. The van der Waals surface area contributed by atoms with Crippen molar-refractivity contribution in [3.05, 3.63) is 69.7 Å². The highest BCUT2D eigenvalue weighted by molar-refractivity contribution is 6.30. The summed E-state index contributed by atoms with van der Waals surface area (Å²) in [7, 11) is 1.41. The standard InChI is InChI=1S/C17H13ClN2O5/c1-23-15-8-13(20(21)22)5-6-14(15)24-10-17-19-9-16(25-17)11-3-2-4-12(18)7-11/h2-9H,10H2,1H3. The molecule has 8 heteroatoms. The number of ether oxygens (including phenoxy) is 2. The van der Waals surface area contributed by atoms with E-state index in [4.69, 9.17) is 25.5 Å². The summed E-state index contributed by atoms with van der Waals surface area (Å²) in [4.78, 5) is 14.4. The molecule has 0 aliphatic heterocycles. The van der Waals surface area contributed by atoms with E-state index in [1.165, 1.54) is 25.3 Å². The Bertz CT molecular complexity index is 910. The second-order valence-electron chi connectivity index (χ2n) is 5.01. The number of nitro groups is 1. The molecule has 0 aliphatic carbocycles. The molecule has 0 fully saturated rings. The van der Waals surface area contributed by atoms with E-state index in [1.807, 2.05) is 12.1 Å². The minimum Gasteiger partial charge on any atom is -0.493 e. The minimum absolute atomic E-state index is 0.0503. The summed E-state index contributed by atoms with van der Waals surface area (Å²) < 4.78 is 16.3. The van der Waals surface area contributed by atoms with Gasteiger partial charge in [-0.05, 0) is 18.2 Å². The highest BCUT2D eigenvalue weighted by Crippen LogP contribution is 2.32. The van der Waals surface area contributed by atoms with Gasteiger partial charge in [-0.25, -0.2) is 4.98 Å². The van der Waals surface area contributed by atoms with Crippen LogP contribution in [0.1, 0.15) is 5.89 Å². The number of benzene rings is 2. The van der Waals surface area contributed by atoms with Gasteiger partial charge < -0.3 is 13.9 Å². The normalized spacial score (nSPS) is 10.5. The maximum absolute atomic E-state index is 10.8. The Kier molecular flexibility index (Phi) is 4.85. The van der Waals surface area contributed by atoms with Crippen LogP contribution < -0.4 is 9.47 Å². The van der Waals surface area contributed by atoms with Gasteiger partial charge in [0.1, 0.15) is 0 Å². The summed E-state index contributed by atoms with van der Waals surface area (Å²) in [6.45, 7) is 0.0503. The number of rotatable bonds is 6. The molecule has 0 saturated carbocycles. The number of nitrogens with zero attached hydrogens (tertiary/aromatic N) is 2. The van der Waals surface area contributed by atoms with Crippen LogP contribution in [0.15, 0.2) is 53.1 Å². The molecule has 128 valence electrons. The molecule has 0 unspecified atom stereocenters. The molecule has 0 N–H and O–H groups in total. The third-order valence-corrected chi connectivity index (χ3v) is 3.61. The molecule has 0 bridgehead atoms. The van der Waals surface area contributed by atoms with Gasteiger partial charge in [-0.2, -0.15) is 0 Å². The molecule has 0 atom stereocenters. The zero-order valence-corrected chi connectivity index (χ0v) is 13.9. The number of halogens is 1. The van der Waals surface area contributed by atoms with Gasteiger partial charge in [0.05, 0.1) is 24.3 Å². The summed E-state index contributed by atoms with van der Waals surface area (Å²) in [5, 5.41) is 11.4. The van der Waals surface area contributed by atoms with Crippen LogP contribution in [0.3, 0.4) is 0 Å². The van der Waals surface area contributed by atoms with E-state index in [1.54, 1.807) is 18.3 Å². The van der Waals surface area contributed by atoms with Gasteiger partial charge in [0.25, 0.3) is 5.69 Å². The molecule has 0 spiro atoms. The van der Waals surface area contributed by atoms with Gasteiger partial charge in [-0.15, -0.1) is 0 Å². The van der Waals surface area contributed by atoms with Crippen LogP contribution in [0.2, 0.25) is 5.02 Å². The fourth-order valence-corrected chi connectivity index (χ4v) is 2.37. The first-order valence-corrected chi connectivity index (χ1v) is 7.60. The van der Waals surface area contributed by atoms with Crippen molar-refractivity contribution in [2.45, 2.75) is 6.61 Å². The quantitative estimate of drug-likeness (QED) is 0.475. The number of non-ortho nitro benzene ring substituents is 1. The Hall–Kier alpha value is -3.06. The highest BCUT2D eigenvalue weighted by Gasteiger charge is 2.14. The lowest BCUT2D eigenvalue weighted by atomic mass is 10.2. The Morgan fingerprint density at radius 1 is 1.24 bits per heavy atom. The average Bonchev–Trinajstić information content (AvgIpc) is 3.08. The number of aromatic nitrogens is 1. The van der Waals surface area contributed by atoms with Crippen LogP contribution in [-0.2, 0) is 6.61 Å². The number of hydrogen-bond acceptors (Lipinski definition) is 6. The lowest BCUT2D eigenvalue weighted by Gasteiger charge is -2.08. The maximum Gasteiger partial charge on any atom is 0.273 e. The fraction of sp³-hybridized carbons (Fsp3) is 0.118. The zero-order chi connectivity index (χ0) is 17.8. The first-order valence-electron chi connectivity index (χ1n) is 7.22. The van der Waals surface area contributed by atoms with Crippen LogP contribution >= 0.6 is 11.6 Å². The molecule has 2 aromatic carbocycles. The van der Waals surface area contributed by atoms with Crippen molar-refractivity contribution in [1.82, 2.24) is 4.98 Å². The first kappa shape index (κ1) is 16.8. The summed E-state index contributed by atoms with van der Waals surface area (Å²) in [5.41, 5.74) is 0.725. The lowest BCUT2D eigenvalue weighted by Crippen LogP contribution is -1.98. The third-order valence-electron chi connectivity index (χ3n) is 3.37. The highest BCUT2D eigenvalue weighted by atomic mass is 35.5. The van der Waals surface area contributed by atoms with Gasteiger partial charge in [-0.1, -0.05) is 23.7 Å². The molecule has 25 heavy (non-hydrogen) atoms. The van der Waals surface area contributed by atoms with E-state index in [2.05, 4.69) is 4.98 Å². The lowest BCUT2D eigenvalue weighted by molar-refractivity contribution is -0.385. The molecule has 3 aromatic rings. The van der Waals surface area contributed by atoms with Crippen LogP contribution in [0.4, 0.5) is 5.69 Å². The van der Waals surface area contributed by atoms with E-state index in [0.29, 0.717) is 22.4 Å². The number of oxazole rings is 1. The molecular weight excluding hydrogens is 348 g/mol. The van der Waals surface area contributed by atoms with Crippen molar-refractivity contribution in [3.63, 3.8) is 0 Å². The van der Waals surface area contributed by atoms with E-state index in [9.17, 15) is 10.1 Å². The molecule has 0 aliphatic rings. The van der Waals surface area contributed by atoms with Crippen molar-refractivity contribution in [1.29, 1.82) is 0 Å². The Morgan fingerprint density at radius 3 is 2.80 bits per heavy atom. The molecule has 7 nitrogen and oxygen atoms in total. The summed E-state index contributed by atoms with van der Waals surface area (Å²) >= 11 is 5.96. The predicted molar refractivity (Wildman–Crippen MR) is 90.9 cm³/mol. The largest absolute Gasteiger partial charge is 0.493 e. The monoisotopic (exact) mass is 360 g/mol. The summed E-state index contributed by atoms with van der Waals surface area (Å²) in [5.74, 6) is 1.54. The molecular formula is C17H13ClN2O5. The predicted octanol–water partition coefficient (Wildman–Crippen LogP) is 4.49. The SMILES string of the molecule is COc1cc([N+](=O)[O-])ccc1OCc1ncc(-c2cccc(Cl)c2)o1. The van der Waals surface area contributed by atoms with Crippen LogP contribution in [0, 0.1) is 10.1 Å². The van der Waals surface area contributed by atoms with Crippen molar-refractivity contribution >= 4 is 17.3 Å². The van der Waals surface area contributed by atoms with Gasteiger partial charge in [0.15, 0.2) is 23.9 Å². The first-order chi connectivity index (χ1) is 12.1. The average molecular weight is 361 g/mol. The van der Waals surface area contributed by atoms with Crippen LogP contribution in [0.5, 0.6) is 11.5 Å². The van der Waals surface area contributed by atoms with Crippen molar-refractivity contribution in [2.24, 2.45) is 0 Å². The van der Waals surface area contributed by atoms with Crippen molar-refractivity contribution < 1.29 is 18.8 Å². The van der Waals surface area contributed by atoms with E-state index in [0.717, 1.165) is 5.56 Å². The minimum atomic E-state index is -0.502. The van der Waals surface area contributed by atoms with Crippen molar-refractivity contribution in [2.75, 3.05) is 7.11 Å². The van der Waals surface area contributed by atoms with Crippen LogP contribution in [-0.4, -0.2) is 17.0 Å². The second-order valence-corrected chi connectivity index (χ2v) is 5.45. The van der Waals surface area contributed by atoms with E-state index < -0.39 is 4.92 Å². The molecule has 1 aromatic heterocycles. The Balaban J connectivity index is 1.73. The second kappa shape index (κ2) is 7.23. The zero-order valence-electron chi connectivity index (χ0n) is 13.1. The molecule has 0 saturated heterocycles. The summed E-state index contributed by atoms with van der Waals surface area (Å²) in [6, 6.07) is 11.3. The van der Waals surface area contributed by atoms with Crippen LogP contribution in [0.25, 0.3) is 11.3 Å². The number of hydrogen-bond donors (Lipinski definition) is 0. The van der Waals surface area contributed by atoms with Gasteiger partial charge in [0.2, 0.25) is 5.89 Å². The number of methoxy groups -OCH3 is 1. The maximum atomic E-state index is 10.8. The van der Waals surface area contributed by atoms with Gasteiger partial charge in [0, 0.05) is 16.7 Å². The van der Waals surface area contributed by atoms with Crippen molar-refractivity contribution in [3.8, 4) is 22.8 Å². The molecule has 0 amide bonds. The van der Waals surface area contributed by atoms with E-state index in [-0.39, 0.29) is 18.0 Å². The molecule has 1 heterocycles. The van der Waals surface area contributed by atoms with E-state index >= 15 is 0 Å². The fourth-order valence-electron chi connectivity index (χ4n) is 2.18. The smallest absolute Gasteiger partial charge is 0.273 e. The topological polar surface area (TPSA) is 87.6 Å². The molecule has 3 rings (SSSR count). The Labute approximate surface area is 147 Å². The van der Waals surface area contributed by atoms with Gasteiger partial charge >= 0.3 is 0 Å². The third kappa shape index (κ3) is 3.89. The molecule has 0 radical (unpaired) electrons. The summed E-state index contributed by atoms with van der Waals surface area (Å²) in [6.07, 6.45) is 1.58. The van der Waals surface area contributed by atoms with Gasteiger partial charge in [-0.3, -0.25) is 10.1 Å². The Morgan fingerprint density at radius 2 is 2.08 bits per heavy atom.